The lowest BCUT2D eigenvalue weighted by Crippen LogP contribution is -2.38. The number of rotatable bonds is 11. The number of amides is 1. The van der Waals surface area contributed by atoms with Gasteiger partial charge in [-0.25, -0.2) is 14.6 Å². The van der Waals surface area contributed by atoms with Crippen LogP contribution in [-0.2, 0) is 34.4 Å². The van der Waals surface area contributed by atoms with Gasteiger partial charge in [-0.05, 0) is 28.8 Å². The lowest BCUT2D eigenvalue weighted by molar-refractivity contribution is -0.356. The third kappa shape index (κ3) is 6.37. The quantitative estimate of drug-likeness (QED) is 0.196. The molecule has 5 rings (SSSR count). The minimum Gasteiger partial charge on any atom is -0.390 e. The first-order valence-corrected chi connectivity index (χ1v) is 13.9. The number of nitrogens with zero attached hydrogens (tertiary/aromatic N) is 2. The van der Waals surface area contributed by atoms with Crippen LogP contribution in [0, 0.1) is 0 Å². The number of ether oxygens (including phenoxy) is 3. The van der Waals surface area contributed by atoms with Crippen molar-refractivity contribution in [2.45, 2.75) is 49.6 Å². The Hall–Kier alpha value is -3.97. The van der Waals surface area contributed by atoms with Crippen molar-refractivity contribution in [2.24, 2.45) is 0 Å². The van der Waals surface area contributed by atoms with Gasteiger partial charge in [0.1, 0.15) is 24.8 Å². The van der Waals surface area contributed by atoms with Crippen molar-refractivity contribution in [3.05, 3.63) is 118 Å². The molecule has 1 aromatic heterocycles. The van der Waals surface area contributed by atoms with Gasteiger partial charge in [0.25, 0.3) is 0 Å². The fourth-order valence-corrected chi connectivity index (χ4v) is 5.35. The molecule has 2 heterocycles. The van der Waals surface area contributed by atoms with E-state index in [1.165, 1.54) is 23.8 Å². The minimum absolute atomic E-state index is 0.123. The molecule has 0 spiro atoms. The molecule has 1 aliphatic carbocycles. The van der Waals surface area contributed by atoms with E-state index < -0.39 is 35.5 Å². The lowest BCUT2D eigenvalue weighted by atomic mass is 9.77. The predicted molar refractivity (Wildman–Crippen MR) is 157 cm³/mol. The van der Waals surface area contributed by atoms with Gasteiger partial charge >= 0.3 is 5.69 Å². The molecule has 1 fully saturated rings. The minimum atomic E-state index is -1.18. The molecule has 2 aliphatic rings. The summed E-state index contributed by atoms with van der Waals surface area (Å²) >= 11 is 0. The smallest absolute Gasteiger partial charge is 0.351 e. The molecule has 2 N–H and O–H groups in total. The first-order valence-electron chi connectivity index (χ1n) is 13.9. The molecular formula is C32H35N3O8. The Morgan fingerprint density at radius 3 is 2.28 bits per heavy atom. The van der Waals surface area contributed by atoms with Gasteiger partial charge in [-0.3, -0.25) is 9.36 Å². The zero-order chi connectivity index (χ0) is 30.5. The molecule has 226 valence electrons. The first kappa shape index (κ1) is 30.5. The second-order valence-electron chi connectivity index (χ2n) is 10.3. The summed E-state index contributed by atoms with van der Waals surface area (Å²) in [6.07, 6.45) is 5.30. The zero-order valence-electron chi connectivity index (χ0n) is 24.2. The summed E-state index contributed by atoms with van der Waals surface area (Å²) in [6, 6.07) is 20.9. The van der Waals surface area contributed by atoms with Crippen LogP contribution in [0.25, 0.3) is 0 Å². The average Bonchev–Trinajstić information content (AvgIpc) is 3.39. The van der Waals surface area contributed by atoms with Gasteiger partial charge in [0.05, 0.1) is 6.10 Å². The Bertz CT molecular complexity index is 1480. The monoisotopic (exact) mass is 589 g/mol. The van der Waals surface area contributed by atoms with E-state index in [2.05, 4.69) is 10.3 Å². The summed E-state index contributed by atoms with van der Waals surface area (Å²) in [5, 5.41) is 13.3. The van der Waals surface area contributed by atoms with Gasteiger partial charge in [0.2, 0.25) is 5.91 Å². The Balaban J connectivity index is 1.39. The largest absolute Gasteiger partial charge is 0.390 e. The van der Waals surface area contributed by atoms with Gasteiger partial charge in [-0.2, -0.15) is 4.98 Å². The van der Waals surface area contributed by atoms with Crippen LogP contribution in [0.1, 0.15) is 37.1 Å². The standard InChI is InChI=1S/C32H35N3O8/c1-22(36)33-28-16-19-35(30(38)34-28)29-20-26(37)27(42-29)21-41-43-32(23-10-6-4-7-11-23,24-12-8-5-9-13-24)25-14-17-31(39-2,40-3)18-15-25/h4-17,19,26-27,29,37H,18,20-21H2,1-3H3,(H,33,34,36,38)/t26-,27+,29+/m0/s1. The maximum absolute atomic E-state index is 12.6. The maximum Gasteiger partial charge on any atom is 0.351 e. The van der Waals surface area contributed by atoms with Gasteiger partial charge in [-0.15, -0.1) is 0 Å². The van der Waals surface area contributed by atoms with Crippen LogP contribution in [-0.4, -0.2) is 59.4 Å². The molecular weight excluding hydrogens is 554 g/mol. The molecule has 11 nitrogen and oxygen atoms in total. The van der Waals surface area contributed by atoms with Crippen LogP contribution in [0.3, 0.4) is 0 Å². The molecule has 2 aromatic carbocycles. The Labute approximate surface area is 249 Å². The molecule has 3 aromatic rings. The van der Waals surface area contributed by atoms with E-state index in [1.807, 2.05) is 78.9 Å². The number of aliphatic hydroxyl groups is 1. The highest BCUT2D eigenvalue weighted by Gasteiger charge is 2.44. The van der Waals surface area contributed by atoms with E-state index in [9.17, 15) is 14.7 Å². The Kier molecular flexibility index (Phi) is 9.31. The molecule has 1 aliphatic heterocycles. The van der Waals surface area contributed by atoms with Crippen molar-refractivity contribution in [3.8, 4) is 0 Å². The molecule has 0 radical (unpaired) electrons. The second kappa shape index (κ2) is 13.1. The fourth-order valence-electron chi connectivity index (χ4n) is 5.35. The van der Waals surface area contributed by atoms with Crippen molar-refractivity contribution in [1.29, 1.82) is 0 Å². The van der Waals surface area contributed by atoms with Crippen molar-refractivity contribution < 1.29 is 33.9 Å². The van der Waals surface area contributed by atoms with Crippen molar-refractivity contribution >= 4 is 11.7 Å². The van der Waals surface area contributed by atoms with Gasteiger partial charge in [0, 0.05) is 40.2 Å². The number of methoxy groups -OCH3 is 2. The molecule has 1 amide bonds. The predicted octanol–water partition coefficient (Wildman–Crippen LogP) is 3.62. The van der Waals surface area contributed by atoms with E-state index in [-0.39, 0.29) is 24.8 Å². The van der Waals surface area contributed by atoms with Gasteiger partial charge in [-0.1, -0.05) is 72.8 Å². The number of nitrogens with one attached hydrogen (secondary N) is 1. The molecule has 0 saturated carbocycles. The number of aliphatic hydroxyl groups excluding tert-OH is 1. The highest BCUT2D eigenvalue weighted by Crippen LogP contribution is 2.44. The topological polar surface area (TPSA) is 130 Å². The van der Waals surface area contributed by atoms with Crippen LogP contribution in [0.5, 0.6) is 0 Å². The third-order valence-electron chi connectivity index (χ3n) is 7.65. The SMILES string of the molecule is COC1(OC)C=CC(C(OOC[C@H]2O[C@@H](n3ccc(NC(C)=O)nc3=O)C[C@@H]2O)(c2ccccc2)c2ccccc2)=CC1. The van der Waals surface area contributed by atoms with Crippen molar-refractivity contribution in [3.63, 3.8) is 0 Å². The van der Waals surface area contributed by atoms with Crippen LogP contribution in [0.2, 0.25) is 0 Å². The molecule has 1 saturated heterocycles. The Morgan fingerprint density at radius 2 is 1.74 bits per heavy atom. The van der Waals surface area contributed by atoms with Gasteiger partial charge in [0.15, 0.2) is 11.4 Å². The van der Waals surface area contributed by atoms with Crippen molar-refractivity contribution in [1.82, 2.24) is 9.55 Å². The highest BCUT2D eigenvalue weighted by molar-refractivity contribution is 5.87. The first-order chi connectivity index (χ1) is 20.8. The van der Waals surface area contributed by atoms with E-state index in [0.717, 1.165) is 16.7 Å². The number of hydrogen-bond donors (Lipinski definition) is 2. The number of hydrogen-bond acceptors (Lipinski definition) is 9. The van der Waals surface area contributed by atoms with Crippen LogP contribution in [0.15, 0.2) is 102 Å². The second-order valence-corrected chi connectivity index (χ2v) is 10.3. The number of anilines is 1. The molecule has 11 heteroatoms. The zero-order valence-corrected chi connectivity index (χ0v) is 24.2. The van der Waals surface area contributed by atoms with E-state index >= 15 is 0 Å². The van der Waals surface area contributed by atoms with Gasteiger partial charge < -0.3 is 24.6 Å². The summed E-state index contributed by atoms with van der Waals surface area (Å²) in [5.41, 5.74) is 0.643. The summed E-state index contributed by atoms with van der Waals surface area (Å²) < 4.78 is 18.5. The normalized spacial score (nSPS) is 21.4. The van der Waals surface area contributed by atoms with Crippen LogP contribution >= 0.6 is 0 Å². The fraction of sp³-hybridized carbons (Fsp3) is 0.344. The number of carbonyl (C=O) groups is 1. The molecule has 43 heavy (non-hydrogen) atoms. The van der Waals surface area contributed by atoms with E-state index in [4.69, 9.17) is 24.0 Å². The van der Waals surface area contributed by atoms with E-state index in [1.54, 1.807) is 14.2 Å². The van der Waals surface area contributed by atoms with Crippen LogP contribution in [0.4, 0.5) is 5.82 Å². The summed E-state index contributed by atoms with van der Waals surface area (Å²) in [5.74, 6) is -1.10. The third-order valence-corrected chi connectivity index (χ3v) is 7.65. The maximum atomic E-state index is 12.6. The van der Waals surface area contributed by atoms with E-state index in [0.29, 0.717) is 6.42 Å². The molecule has 0 bridgehead atoms. The summed E-state index contributed by atoms with van der Waals surface area (Å²) in [4.78, 5) is 40.1. The average molecular weight is 590 g/mol. The molecule has 0 unspecified atom stereocenters. The number of benzene rings is 2. The van der Waals surface area contributed by atoms with Crippen molar-refractivity contribution in [2.75, 3.05) is 26.1 Å². The highest BCUT2D eigenvalue weighted by atomic mass is 17.2. The van der Waals surface area contributed by atoms with Crippen LogP contribution < -0.4 is 11.0 Å². The molecule has 3 atom stereocenters. The summed E-state index contributed by atoms with van der Waals surface area (Å²) in [6.45, 7) is 1.20. The lowest BCUT2D eigenvalue weighted by Gasteiger charge is -2.38. The Morgan fingerprint density at radius 1 is 1.09 bits per heavy atom. The number of aromatic nitrogens is 2. The summed E-state index contributed by atoms with van der Waals surface area (Å²) in [7, 11) is 3.19. The number of carbonyl (C=O) groups excluding carboxylic acids is 1.